The summed E-state index contributed by atoms with van der Waals surface area (Å²) in [4.78, 5) is 23.9. The number of rotatable bonds is 4. The maximum atomic E-state index is 12.0. The highest BCUT2D eigenvalue weighted by molar-refractivity contribution is 5.99. The van der Waals surface area contributed by atoms with Crippen LogP contribution in [0.1, 0.15) is 59.7 Å². The number of carboxylic acid groups (broad SMARTS) is 2. The Hall–Kier alpha value is -3.40. The topological polar surface area (TPSA) is 74.6 Å². The summed E-state index contributed by atoms with van der Waals surface area (Å²) in [6.07, 6.45) is 0. The van der Waals surface area contributed by atoms with Gasteiger partial charge in [0.2, 0.25) is 0 Å². The third-order valence-corrected chi connectivity index (χ3v) is 6.08. The number of carbonyl (C=O) groups is 2. The predicted octanol–water partition coefficient (Wildman–Crippen LogP) is 6.58. The molecule has 0 atom stereocenters. The number of hydrogen-bond acceptors (Lipinski definition) is 2. The van der Waals surface area contributed by atoms with E-state index in [2.05, 4.69) is 6.07 Å². The Labute approximate surface area is 183 Å². The molecule has 0 aliphatic carbocycles. The molecule has 0 unspecified atom stereocenters. The van der Waals surface area contributed by atoms with Crippen LogP contribution in [0.4, 0.5) is 0 Å². The Bertz CT molecular complexity index is 1250. The molecule has 0 aliphatic rings. The molecular weight excluding hydrogens is 388 g/mol. The Kier molecular flexibility index (Phi) is 5.77. The van der Waals surface area contributed by atoms with Gasteiger partial charge in [0, 0.05) is 0 Å². The van der Waals surface area contributed by atoms with E-state index in [1.54, 1.807) is 0 Å². The molecule has 0 saturated heterocycles. The van der Waals surface area contributed by atoms with E-state index in [0.717, 1.165) is 61.2 Å². The highest BCUT2D eigenvalue weighted by Gasteiger charge is 2.23. The van der Waals surface area contributed by atoms with Crippen molar-refractivity contribution in [2.75, 3.05) is 0 Å². The Morgan fingerprint density at radius 3 is 1.42 bits per heavy atom. The van der Waals surface area contributed by atoms with E-state index in [-0.39, 0.29) is 0 Å². The van der Waals surface area contributed by atoms with Crippen LogP contribution in [0.15, 0.2) is 30.3 Å². The highest BCUT2D eigenvalue weighted by Crippen LogP contribution is 2.41. The van der Waals surface area contributed by atoms with Crippen molar-refractivity contribution >= 4 is 11.9 Å². The van der Waals surface area contributed by atoms with E-state index in [0.29, 0.717) is 11.1 Å². The molecule has 4 nitrogen and oxygen atoms in total. The lowest BCUT2D eigenvalue weighted by Crippen LogP contribution is -2.08. The molecule has 0 aliphatic heterocycles. The van der Waals surface area contributed by atoms with Gasteiger partial charge in [0.15, 0.2) is 0 Å². The predicted molar refractivity (Wildman–Crippen MR) is 124 cm³/mol. The molecular formula is C27H28O4. The number of benzene rings is 3. The van der Waals surface area contributed by atoms with E-state index in [1.165, 1.54) is 0 Å². The molecule has 4 heteroatoms. The first-order chi connectivity index (χ1) is 14.5. The van der Waals surface area contributed by atoms with Crippen LogP contribution >= 0.6 is 0 Å². The average molecular weight is 417 g/mol. The third kappa shape index (κ3) is 3.74. The largest absolute Gasteiger partial charge is 0.478 e. The first-order valence-corrected chi connectivity index (χ1v) is 10.2. The summed E-state index contributed by atoms with van der Waals surface area (Å²) in [5.74, 6) is -1.89. The number of hydrogen-bond donors (Lipinski definition) is 2. The van der Waals surface area contributed by atoms with Crippen molar-refractivity contribution in [2.45, 2.75) is 48.5 Å². The van der Waals surface area contributed by atoms with Crippen LogP contribution in [0.25, 0.3) is 22.3 Å². The van der Waals surface area contributed by atoms with Crippen LogP contribution in [0.3, 0.4) is 0 Å². The molecule has 3 aromatic carbocycles. The van der Waals surface area contributed by atoms with Crippen LogP contribution in [-0.2, 0) is 0 Å². The smallest absolute Gasteiger partial charge is 0.336 e. The second kappa shape index (κ2) is 8.03. The molecule has 0 spiro atoms. The maximum absolute atomic E-state index is 12.0. The van der Waals surface area contributed by atoms with Crippen LogP contribution in [-0.4, -0.2) is 22.2 Å². The SMILES string of the molecule is Cc1ccc(-c2c(C)cc(C)c(C(=O)O)c2C)c(-c2c(C)cc(C)c(C(=O)O)c2C)c1. The van der Waals surface area contributed by atoms with E-state index >= 15 is 0 Å². The van der Waals surface area contributed by atoms with Gasteiger partial charge >= 0.3 is 11.9 Å². The van der Waals surface area contributed by atoms with E-state index < -0.39 is 11.9 Å². The summed E-state index contributed by atoms with van der Waals surface area (Å²) in [5.41, 5.74) is 10.2. The van der Waals surface area contributed by atoms with Gasteiger partial charge in [0.25, 0.3) is 0 Å². The van der Waals surface area contributed by atoms with Crippen molar-refractivity contribution in [3.05, 3.63) is 80.4 Å². The summed E-state index contributed by atoms with van der Waals surface area (Å²) in [5, 5.41) is 19.6. The van der Waals surface area contributed by atoms with Gasteiger partial charge in [0.1, 0.15) is 0 Å². The summed E-state index contributed by atoms with van der Waals surface area (Å²) in [7, 11) is 0. The molecule has 3 aromatic rings. The van der Waals surface area contributed by atoms with Gasteiger partial charge in [-0.05, 0) is 104 Å². The molecule has 0 heterocycles. The molecule has 31 heavy (non-hydrogen) atoms. The quantitative estimate of drug-likeness (QED) is 0.504. The second-order valence-corrected chi connectivity index (χ2v) is 8.43. The van der Waals surface area contributed by atoms with Gasteiger partial charge in [-0.15, -0.1) is 0 Å². The summed E-state index contributed by atoms with van der Waals surface area (Å²) >= 11 is 0. The van der Waals surface area contributed by atoms with E-state index in [9.17, 15) is 19.8 Å². The Balaban J connectivity index is 2.47. The van der Waals surface area contributed by atoms with E-state index in [1.807, 2.05) is 72.7 Å². The fourth-order valence-corrected chi connectivity index (χ4v) is 4.94. The molecule has 2 N–H and O–H groups in total. The van der Waals surface area contributed by atoms with Gasteiger partial charge in [-0.25, -0.2) is 9.59 Å². The molecule has 0 fully saturated rings. The Morgan fingerprint density at radius 1 is 0.581 bits per heavy atom. The monoisotopic (exact) mass is 416 g/mol. The molecule has 0 aromatic heterocycles. The van der Waals surface area contributed by atoms with Crippen molar-refractivity contribution in [3.8, 4) is 22.3 Å². The lowest BCUT2D eigenvalue weighted by atomic mass is 9.82. The molecule has 3 rings (SSSR count). The lowest BCUT2D eigenvalue weighted by molar-refractivity contribution is 0.0684. The summed E-state index contributed by atoms with van der Waals surface area (Å²) in [6, 6.07) is 9.91. The molecule has 0 amide bonds. The molecule has 0 bridgehead atoms. The summed E-state index contributed by atoms with van der Waals surface area (Å²) in [6.45, 7) is 13.3. The van der Waals surface area contributed by atoms with Gasteiger partial charge < -0.3 is 10.2 Å². The van der Waals surface area contributed by atoms with Crippen molar-refractivity contribution < 1.29 is 19.8 Å². The highest BCUT2D eigenvalue weighted by atomic mass is 16.4. The van der Waals surface area contributed by atoms with Gasteiger partial charge in [-0.1, -0.05) is 35.9 Å². The minimum absolute atomic E-state index is 0.315. The lowest BCUT2D eigenvalue weighted by Gasteiger charge is -2.22. The van der Waals surface area contributed by atoms with Crippen molar-refractivity contribution in [1.82, 2.24) is 0 Å². The summed E-state index contributed by atoms with van der Waals surface area (Å²) < 4.78 is 0. The van der Waals surface area contributed by atoms with Crippen LogP contribution in [0.5, 0.6) is 0 Å². The van der Waals surface area contributed by atoms with Gasteiger partial charge in [0.05, 0.1) is 11.1 Å². The fraction of sp³-hybridized carbons (Fsp3) is 0.259. The van der Waals surface area contributed by atoms with Crippen molar-refractivity contribution in [3.63, 3.8) is 0 Å². The molecule has 160 valence electrons. The molecule has 0 radical (unpaired) electrons. The molecule has 0 saturated carbocycles. The second-order valence-electron chi connectivity index (χ2n) is 8.43. The normalized spacial score (nSPS) is 10.9. The van der Waals surface area contributed by atoms with Crippen LogP contribution < -0.4 is 0 Å². The number of carboxylic acids is 2. The van der Waals surface area contributed by atoms with Gasteiger partial charge in [-0.2, -0.15) is 0 Å². The van der Waals surface area contributed by atoms with E-state index in [4.69, 9.17) is 0 Å². The zero-order chi connectivity index (χ0) is 23.2. The average Bonchev–Trinajstić information content (AvgIpc) is 2.61. The minimum Gasteiger partial charge on any atom is -0.478 e. The fourth-order valence-electron chi connectivity index (χ4n) is 4.94. The number of aryl methyl sites for hydroxylation is 5. The standard InChI is InChI=1S/C27H28O4/c1-13-8-9-20(22-14(2)11-16(4)24(18(22)6)26(28)29)21(10-13)23-15(3)12-17(5)25(19(23)7)27(30)31/h8-12H,1-7H3,(H,28,29)(H,30,31). The van der Waals surface area contributed by atoms with Crippen molar-refractivity contribution in [2.24, 2.45) is 0 Å². The third-order valence-electron chi connectivity index (χ3n) is 6.08. The van der Waals surface area contributed by atoms with Crippen LogP contribution in [0.2, 0.25) is 0 Å². The minimum atomic E-state index is -0.944. The van der Waals surface area contributed by atoms with Crippen LogP contribution in [0, 0.1) is 48.5 Å². The zero-order valence-corrected chi connectivity index (χ0v) is 19.1. The Morgan fingerprint density at radius 2 is 1.00 bits per heavy atom. The first-order valence-electron chi connectivity index (χ1n) is 10.2. The first kappa shape index (κ1) is 22.3. The maximum Gasteiger partial charge on any atom is 0.336 e. The zero-order valence-electron chi connectivity index (χ0n) is 19.1. The number of aromatic carboxylic acids is 2. The van der Waals surface area contributed by atoms with Crippen molar-refractivity contribution in [1.29, 1.82) is 0 Å². The van der Waals surface area contributed by atoms with Gasteiger partial charge in [-0.3, -0.25) is 0 Å².